The van der Waals surface area contributed by atoms with Crippen LogP contribution in [0.15, 0.2) is 108 Å². The number of hydrogen-bond acceptors (Lipinski definition) is 5. The third-order valence-corrected chi connectivity index (χ3v) is 9.84. The SMILES string of the molecule is CCOc1ccc(S(=O)(=O)N(CC(=O)N(Cc2ccccc2Cl)[C@H](Cc2ccccc2)C(=O)N[C@@H](C)CC)c2ccc(F)cc2)cc1. The number of anilines is 1. The number of nitrogens with zero attached hydrogens (tertiary/aromatic N) is 2. The number of hydrogen-bond donors (Lipinski definition) is 1. The second-order valence-electron chi connectivity index (χ2n) is 11.0. The lowest BCUT2D eigenvalue weighted by molar-refractivity contribution is -0.140. The van der Waals surface area contributed by atoms with Crippen LogP contribution < -0.4 is 14.4 Å². The molecule has 0 aromatic heterocycles. The van der Waals surface area contributed by atoms with Crippen LogP contribution in [0.2, 0.25) is 5.02 Å². The summed E-state index contributed by atoms with van der Waals surface area (Å²) in [7, 11) is -4.35. The smallest absolute Gasteiger partial charge is 0.264 e. The molecule has 0 fully saturated rings. The Labute approximate surface area is 281 Å². The maximum absolute atomic E-state index is 14.5. The topological polar surface area (TPSA) is 96.0 Å². The molecule has 1 N–H and O–H groups in total. The molecule has 0 aliphatic heterocycles. The molecule has 11 heteroatoms. The summed E-state index contributed by atoms with van der Waals surface area (Å²) in [6.07, 6.45) is 0.836. The van der Waals surface area contributed by atoms with Gasteiger partial charge >= 0.3 is 0 Å². The number of ether oxygens (including phenoxy) is 1. The van der Waals surface area contributed by atoms with Gasteiger partial charge in [-0.05, 0) is 86.0 Å². The molecule has 0 spiro atoms. The Morgan fingerprint density at radius 3 is 2.15 bits per heavy atom. The van der Waals surface area contributed by atoms with Crippen molar-refractivity contribution in [1.82, 2.24) is 10.2 Å². The van der Waals surface area contributed by atoms with E-state index in [4.69, 9.17) is 16.3 Å². The molecule has 4 rings (SSSR count). The van der Waals surface area contributed by atoms with Gasteiger partial charge in [-0.3, -0.25) is 13.9 Å². The first kappa shape index (κ1) is 35.4. The van der Waals surface area contributed by atoms with Crippen LogP contribution in [0.3, 0.4) is 0 Å². The number of benzene rings is 4. The molecule has 0 aliphatic carbocycles. The fraction of sp³-hybridized carbons (Fsp3) is 0.278. The zero-order valence-electron chi connectivity index (χ0n) is 26.6. The largest absolute Gasteiger partial charge is 0.494 e. The predicted octanol–water partition coefficient (Wildman–Crippen LogP) is 6.63. The maximum atomic E-state index is 14.5. The summed E-state index contributed by atoms with van der Waals surface area (Å²) in [5.41, 5.74) is 1.47. The first-order valence-electron chi connectivity index (χ1n) is 15.4. The average molecular weight is 680 g/mol. The van der Waals surface area contributed by atoms with Gasteiger partial charge in [0, 0.05) is 24.0 Å². The van der Waals surface area contributed by atoms with E-state index < -0.39 is 34.3 Å². The van der Waals surface area contributed by atoms with Crippen molar-refractivity contribution in [1.29, 1.82) is 0 Å². The van der Waals surface area contributed by atoms with E-state index in [0.717, 1.165) is 22.0 Å². The van der Waals surface area contributed by atoms with Crippen LogP contribution >= 0.6 is 11.6 Å². The van der Waals surface area contributed by atoms with E-state index in [0.29, 0.717) is 29.4 Å². The van der Waals surface area contributed by atoms with Gasteiger partial charge in [0.1, 0.15) is 24.2 Å². The second kappa shape index (κ2) is 16.4. The van der Waals surface area contributed by atoms with Gasteiger partial charge in [-0.2, -0.15) is 0 Å². The minimum atomic E-state index is -4.35. The maximum Gasteiger partial charge on any atom is 0.264 e. The van der Waals surface area contributed by atoms with Gasteiger partial charge in [-0.1, -0.05) is 67.1 Å². The van der Waals surface area contributed by atoms with Crippen molar-refractivity contribution in [3.8, 4) is 5.75 Å². The van der Waals surface area contributed by atoms with Crippen molar-refractivity contribution < 1.29 is 27.1 Å². The molecule has 0 heterocycles. The predicted molar refractivity (Wildman–Crippen MR) is 182 cm³/mol. The Balaban J connectivity index is 1.80. The molecule has 0 saturated heterocycles. The van der Waals surface area contributed by atoms with Gasteiger partial charge in [-0.25, -0.2) is 12.8 Å². The van der Waals surface area contributed by atoms with Crippen LogP contribution in [-0.4, -0.2) is 50.4 Å². The van der Waals surface area contributed by atoms with E-state index in [1.54, 1.807) is 24.3 Å². The lowest BCUT2D eigenvalue weighted by atomic mass is 10.0. The molecule has 4 aromatic carbocycles. The number of nitrogens with one attached hydrogen (secondary N) is 1. The first-order valence-corrected chi connectivity index (χ1v) is 17.2. The Bertz CT molecular complexity index is 1740. The Hall–Kier alpha value is -4.41. The zero-order valence-corrected chi connectivity index (χ0v) is 28.2. The van der Waals surface area contributed by atoms with Gasteiger partial charge in [0.05, 0.1) is 17.2 Å². The summed E-state index contributed by atoms with van der Waals surface area (Å²) in [5.74, 6) is -1.11. The summed E-state index contributed by atoms with van der Waals surface area (Å²) >= 11 is 6.54. The minimum Gasteiger partial charge on any atom is -0.494 e. The van der Waals surface area contributed by atoms with E-state index >= 15 is 0 Å². The van der Waals surface area contributed by atoms with Crippen LogP contribution in [0, 0.1) is 5.82 Å². The normalized spacial score (nSPS) is 12.5. The average Bonchev–Trinajstić information content (AvgIpc) is 3.07. The van der Waals surface area contributed by atoms with Crippen molar-refractivity contribution in [3.63, 3.8) is 0 Å². The van der Waals surface area contributed by atoms with Crippen molar-refractivity contribution in [2.24, 2.45) is 0 Å². The Morgan fingerprint density at radius 1 is 0.894 bits per heavy atom. The van der Waals surface area contributed by atoms with Crippen molar-refractivity contribution in [3.05, 3.63) is 125 Å². The number of rotatable bonds is 15. The van der Waals surface area contributed by atoms with Crippen molar-refractivity contribution in [2.45, 2.75) is 57.1 Å². The number of amides is 2. The highest BCUT2D eigenvalue weighted by molar-refractivity contribution is 7.92. The molecule has 47 heavy (non-hydrogen) atoms. The number of carbonyl (C=O) groups is 2. The molecule has 0 unspecified atom stereocenters. The van der Waals surface area contributed by atoms with E-state index in [2.05, 4.69) is 5.32 Å². The third kappa shape index (κ3) is 9.33. The summed E-state index contributed by atoms with van der Waals surface area (Å²) in [4.78, 5) is 29.7. The Morgan fingerprint density at radius 2 is 1.53 bits per heavy atom. The third-order valence-electron chi connectivity index (χ3n) is 7.69. The van der Waals surface area contributed by atoms with E-state index in [-0.39, 0.29) is 35.5 Å². The number of sulfonamides is 1. The van der Waals surface area contributed by atoms with Crippen LogP contribution in [0.1, 0.15) is 38.3 Å². The summed E-state index contributed by atoms with van der Waals surface area (Å²) in [6.45, 7) is 5.29. The van der Waals surface area contributed by atoms with Crippen molar-refractivity contribution in [2.75, 3.05) is 17.5 Å². The molecule has 0 radical (unpaired) electrons. The van der Waals surface area contributed by atoms with Crippen LogP contribution in [0.4, 0.5) is 10.1 Å². The highest BCUT2D eigenvalue weighted by atomic mass is 35.5. The van der Waals surface area contributed by atoms with E-state index in [9.17, 15) is 22.4 Å². The molecule has 8 nitrogen and oxygen atoms in total. The molecule has 0 saturated carbocycles. The lowest BCUT2D eigenvalue weighted by Crippen LogP contribution is -2.54. The second-order valence-corrected chi connectivity index (χ2v) is 13.3. The molecule has 0 bridgehead atoms. The molecule has 2 amide bonds. The number of halogens is 2. The first-order chi connectivity index (χ1) is 22.5. The summed E-state index contributed by atoms with van der Waals surface area (Å²) in [5, 5.41) is 3.39. The van der Waals surface area contributed by atoms with Crippen LogP contribution in [-0.2, 0) is 32.6 Å². The molecular weight excluding hydrogens is 641 g/mol. The highest BCUT2D eigenvalue weighted by Crippen LogP contribution is 2.27. The summed E-state index contributed by atoms with van der Waals surface area (Å²) < 4.78 is 48.7. The zero-order chi connectivity index (χ0) is 34.0. The fourth-order valence-corrected chi connectivity index (χ4v) is 6.55. The summed E-state index contributed by atoms with van der Waals surface area (Å²) in [6, 6.07) is 25.7. The minimum absolute atomic E-state index is 0.0652. The Kier molecular flexibility index (Phi) is 12.4. The molecule has 4 aromatic rings. The van der Waals surface area contributed by atoms with Crippen molar-refractivity contribution >= 4 is 39.1 Å². The molecule has 248 valence electrons. The monoisotopic (exact) mass is 679 g/mol. The highest BCUT2D eigenvalue weighted by Gasteiger charge is 2.35. The number of carbonyl (C=O) groups excluding carboxylic acids is 2. The van der Waals surface area contributed by atoms with Gasteiger partial charge in [0.25, 0.3) is 10.0 Å². The van der Waals surface area contributed by atoms with Crippen LogP contribution in [0.5, 0.6) is 5.75 Å². The lowest BCUT2D eigenvalue weighted by Gasteiger charge is -2.34. The molecular formula is C36H39ClFN3O5S. The van der Waals surface area contributed by atoms with Crippen LogP contribution in [0.25, 0.3) is 0 Å². The van der Waals surface area contributed by atoms with Gasteiger partial charge in [0.2, 0.25) is 11.8 Å². The molecule has 0 aliphatic rings. The van der Waals surface area contributed by atoms with E-state index in [1.807, 2.05) is 51.1 Å². The van der Waals surface area contributed by atoms with Gasteiger partial charge < -0.3 is 15.0 Å². The van der Waals surface area contributed by atoms with E-state index in [1.165, 1.54) is 41.3 Å². The standard InChI is InChI=1S/C36H39ClFN3O5S/c1-4-26(3)39-36(43)34(23-27-11-7-6-8-12-27)40(24-28-13-9-10-14-33(28)37)35(42)25-41(30-17-15-29(38)16-18-30)47(44,45)32-21-19-31(20-22-32)46-5-2/h6-22,26,34H,4-5,23-25H2,1-3H3,(H,39,43)/t26-,34+/m0/s1. The van der Waals surface area contributed by atoms with Gasteiger partial charge in [-0.15, -0.1) is 0 Å². The quantitative estimate of drug-likeness (QED) is 0.152. The fourth-order valence-electron chi connectivity index (χ4n) is 4.94. The molecule has 2 atom stereocenters. The van der Waals surface area contributed by atoms with Gasteiger partial charge in [0.15, 0.2) is 0 Å².